The highest BCUT2D eigenvalue weighted by Gasteiger charge is 2.15. The predicted molar refractivity (Wildman–Crippen MR) is 118 cm³/mol. The molecular weight excluding hydrogens is 398 g/mol. The molecule has 1 fully saturated rings. The molecule has 0 atom stereocenters. The smallest absolute Gasteiger partial charge is 0.203 e. The van der Waals surface area contributed by atoms with Gasteiger partial charge in [0.15, 0.2) is 11.5 Å². The quantitative estimate of drug-likeness (QED) is 0.615. The highest BCUT2D eigenvalue weighted by atomic mass is 16.5. The summed E-state index contributed by atoms with van der Waals surface area (Å²) in [5, 5.41) is 3.27. The zero-order valence-corrected chi connectivity index (χ0v) is 17.8. The third kappa shape index (κ3) is 4.61. The van der Waals surface area contributed by atoms with E-state index in [0.29, 0.717) is 23.1 Å². The molecule has 0 radical (unpaired) electrons. The summed E-state index contributed by atoms with van der Waals surface area (Å²) < 4.78 is 21.6. The molecule has 0 spiro atoms. The first-order valence-corrected chi connectivity index (χ1v) is 9.90. The van der Waals surface area contributed by atoms with Gasteiger partial charge in [0, 0.05) is 48.7 Å². The van der Waals surface area contributed by atoms with Gasteiger partial charge in [0.2, 0.25) is 5.75 Å². The topological polar surface area (TPSA) is 90.9 Å². The van der Waals surface area contributed by atoms with Crippen molar-refractivity contribution in [1.29, 1.82) is 0 Å². The lowest BCUT2D eigenvalue weighted by Crippen LogP contribution is -2.36. The van der Waals surface area contributed by atoms with E-state index in [-0.39, 0.29) is 0 Å². The molecule has 3 heterocycles. The first-order valence-electron chi connectivity index (χ1n) is 9.90. The molecule has 0 saturated carbocycles. The first kappa shape index (κ1) is 20.7. The first-order chi connectivity index (χ1) is 15.2. The second-order valence-electron chi connectivity index (χ2n) is 6.83. The standard InChI is InChI=1S/C22H25N5O4/c1-28-18-10-16(11-19(29-2)22(18)30-3)26-20-12-17(24-14-25-20)15-4-5-21(23-13-15)27-6-8-31-9-7-27/h4-5,10-14H,6-9H2,1-3H3,(H,24,25,26). The van der Waals surface area contributed by atoms with E-state index in [0.717, 1.165) is 49.1 Å². The molecule has 1 aliphatic rings. The molecule has 1 aromatic carbocycles. The van der Waals surface area contributed by atoms with Crippen LogP contribution >= 0.6 is 0 Å². The summed E-state index contributed by atoms with van der Waals surface area (Å²) in [4.78, 5) is 15.5. The molecule has 1 N–H and O–H groups in total. The second-order valence-corrected chi connectivity index (χ2v) is 6.83. The number of aromatic nitrogens is 3. The highest BCUT2D eigenvalue weighted by Crippen LogP contribution is 2.40. The molecule has 0 amide bonds. The molecule has 3 aromatic rings. The molecular formula is C22H25N5O4. The summed E-state index contributed by atoms with van der Waals surface area (Å²) in [5.74, 6) is 3.22. The maximum atomic E-state index is 5.41. The number of pyridine rings is 1. The van der Waals surface area contributed by atoms with Crippen LogP contribution in [0.1, 0.15) is 0 Å². The average Bonchev–Trinajstić information content (AvgIpc) is 2.84. The van der Waals surface area contributed by atoms with Crippen LogP contribution in [-0.4, -0.2) is 62.6 Å². The van der Waals surface area contributed by atoms with Crippen LogP contribution in [0.15, 0.2) is 42.9 Å². The number of hydrogen-bond donors (Lipinski definition) is 1. The number of rotatable bonds is 7. The lowest BCUT2D eigenvalue weighted by molar-refractivity contribution is 0.122. The fourth-order valence-corrected chi connectivity index (χ4v) is 3.40. The van der Waals surface area contributed by atoms with Crippen molar-refractivity contribution < 1.29 is 18.9 Å². The third-order valence-electron chi connectivity index (χ3n) is 4.98. The van der Waals surface area contributed by atoms with E-state index in [1.54, 1.807) is 21.3 Å². The van der Waals surface area contributed by atoms with Crippen molar-refractivity contribution in [2.75, 3.05) is 57.8 Å². The molecule has 1 saturated heterocycles. The number of morpholine rings is 1. The van der Waals surface area contributed by atoms with Gasteiger partial charge in [-0.1, -0.05) is 0 Å². The van der Waals surface area contributed by atoms with Crippen molar-refractivity contribution >= 4 is 17.3 Å². The summed E-state index contributed by atoms with van der Waals surface area (Å²) in [7, 11) is 4.73. The number of hydrogen-bond acceptors (Lipinski definition) is 9. The summed E-state index contributed by atoms with van der Waals surface area (Å²) in [5.41, 5.74) is 2.43. The molecule has 2 aromatic heterocycles. The Labute approximate surface area is 181 Å². The van der Waals surface area contributed by atoms with Crippen LogP contribution in [0.25, 0.3) is 11.3 Å². The van der Waals surface area contributed by atoms with Crippen molar-refractivity contribution in [2.24, 2.45) is 0 Å². The summed E-state index contributed by atoms with van der Waals surface area (Å²) in [6, 6.07) is 9.54. The van der Waals surface area contributed by atoms with Crippen molar-refractivity contribution in [3.8, 4) is 28.5 Å². The normalized spacial score (nSPS) is 13.6. The van der Waals surface area contributed by atoms with E-state index in [1.807, 2.05) is 36.5 Å². The molecule has 31 heavy (non-hydrogen) atoms. The Kier molecular flexibility index (Phi) is 6.32. The minimum absolute atomic E-state index is 0.533. The van der Waals surface area contributed by atoms with Gasteiger partial charge < -0.3 is 29.2 Å². The fourth-order valence-electron chi connectivity index (χ4n) is 3.40. The van der Waals surface area contributed by atoms with Gasteiger partial charge in [0.1, 0.15) is 18.0 Å². The van der Waals surface area contributed by atoms with Crippen LogP contribution in [0.3, 0.4) is 0 Å². The Morgan fingerprint density at radius 1 is 0.903 bits per heavy atom. The zero-order valence-electron chi connectivity index (χ0n) is 17.8. The van der Waals surface area contributed by atoms with Crippen LogP contribution in [-0.2, 0) is 4.74 Å². The Morgan fingerprint density at radius 3 is 2.26 bits per heavy atom. The average molecular weight is 423 g/mol. The van der Waals surface area contributed by atoms with Crippen molar-refractivity contribution in [2.45, 2.75) is 0 Å². The number of methoxy groups -OCH3 is 3. The Bertz CT molecular complexity index is 998. The van der Waals surface area contributed by atoms with Crippen LogP contribution in [0.5, 0.6) is 17.2 Å². The van der Waals surface area contributed by atoms with Crippen LogP contribution in [0.4, 0.5) is 17.3 Å². The van der Waals surface area contributed by atoms with E-state index < -0.39 is 0 Å². The largest absolute Gasteiger partial charge is 0.493 e. The number of benzene rings is 1. The lowest BCUT2D eigenvalue weighted by Gasteiger charge is -2.27. The Hall–Kier alpha value is -3.59. The highest BCUT2D eigenvalue weighted by molar-refractivity contribution is 5.69. The summed E-state index contributed by atoms with van der Waals surface area (Å²) in [6.45, 7) is 3.15. The molecule has 0 aliphatic carbocycles. The number of nitrogens with one attached hydrogen (secondary N) is 1. The van der Waals surface area contributed by atoms with Gasteiger partial charge in [-0.25, -0.2) is 15.0 Å². The lowest BCUT2D eigenvalue weighted by atomic mass is 10.2. The SMILES string of the molecule is COc1cc(Nc2cc(-c3ccc(N4CCOCC4)nc3)ncn2)cc(OC)c1OC. The Morgan fingerprint density at radius 2 is 1.65 bits per heavy atom. The van der Waals surface area contributed by atoms with Gasteiger partial charge >= 0.3 is 0 Å². The van der Waals surface area contributed by atoms with E-state index in [1.165, 1.54) is 6.33 Å². The van der Waals surface area contributed by atoms with E-state index in [9.17, 15) is 0 Å². The van der Waals surface area contributed by atoms with Crippen LogP contribution < -0.4 is 24.4 Å². The van der Waals surface area contributed by atoms with Gasteiger partial charge in [0.05, 0.1) is 40.2 Å². The molecule has 0 bridgehead atoms. The minimum atomic E-state index is 0.533. The monoisotopic (exact) mass is 423 g/mol. The molecule has 4 rings (SSSR count). The van der Waals surface area contributed by atoms with Gasteiger partial charge in [-0.2, -0.15) is 0 Å². The number of anilines is 3. The fraction of sp³-hybridized carbons (Fsp3) is 0.318. The van der Waals surface area contributed by atoms with Crippen LogP contribution in [0.2, 0.25) is 0 Å². The maximum Gasteiger partial charge on any atom is 0.203 e. The van der Waals surface area contributed by atoms with Crippen molar-refractivity contribution in [3.05, 3.63) is 42.9 Å². The molecule has 9 heteroatoms. The summed E-state index contributed by atoms with van der Waals surface area (Å²) >= 11 is 0. The van der Waals surface area contributed by atoms with Crippen molar-refractivity contribution in [1.82, 2.24) is 15.0 Å². The van der Waals surface area contributed by atoms with Gasteiger partial charge in [-0.05, 0) is 12.1 Å². The molecule has 1 aliphatic heterocycles. The molecule has 9 nitrogen and oxygen atoms in total. The third-order valence-corrected chi connectivity index (χ3v) is 4.98. The van der Waals surface area contributed by atoms with Gasteiger partial charge in [-0.15, -0.1) is 0 Å². The molecule has 162 valence electrons. The molecule has 0 unspecified atom stereocenters. The van der Waals surface area contributed by atoms with E-state index in [2.05, 4.69) is 25.2 Å². The number of ether oxygens (including phenoxy) is 4. The van der Waals surface area contributed by atoms with Gasteiger partial charge in [0.25, 0.3) is 0 Å². The minimum Gasteiger partial charge on any atom is -0.493 e. The Balaban J connectivity index is 1.55. The summed E-state index contributed by atoms with van der Waals surface area (Å²) in [6.07, 6.45) is 3.35. The van der Waals surface area contributed by atoms with Crippen LogP contribution in [0, 0.1) is 0 Å². The van der Waals surface area contributed by atoms with Crippen molar-refractivity contribution in [3.63, 3.8) is 0 Å². The number of nitrogens with zero attached hydrogens (tertiary/aromatic N) is 4. The maximum absolute atomic E-state index is 5.41. The second kappa shape index (κ2) is 9.48. The van der Waals surface area contributed by atoms with E-state index in [4.69, 9.17) is 18.9 Å². The zero-order chi connectivity index (χ0) is 21.6. The van der Waals surface area contributed by atoms with E-state index >= 15 is 0 Å². The van der Waals surface area contributed by atoms with Gasteiger partial charge in [-0.3, -0.25) is 0 Å². The predicted octanol–water partition coefficient (Wildman–Crippen LogP) is 3.14.